The van der Waals surface area contributed by atoms with Gasteiger partial charge in [-0.1, -0.05) is 30.3 Å². The summed E-state index contributed by atoms with van der Waals surface area (Å²) < 4.78 is 5.80. The highest BCUT2D eigenvalue weighted by Gasteiger charge is 2.28. The van der Waals surface area contributed by atoms with Gasteiger partial charge in [0.1, 0.15) is 0 Å². The molecule has 0 spiro atoms. The number of hydrogen-bond donors (Lipinski definition) is 1. The van der Waals surface area contributed by atoms with E-state index in [0.29, 0.717) is 30.6 Å². The second-order valence-electron chi connectivity index (χ2n) is 7.49. The van der Waals surface area contributed by atoms with E-state index in [1.165, 1.54) is 0 Å². The summed E-state index contributed by atoms with van der Waals surface area (Å²) in [5.41, 5.74) is 1.11. The number of ether oxygens (including phenoxy) is 1. The zero-order valence-corrected chi connectivity index (χ0v) is 14.9. The predicted molar refractivity (Wildman–Crippen MR) is 95.9 cm³/mol. The fraction of sp³-hybridized carbons (Fsp3) is 0.650. The Labute approximate surface area is 145 Å². The standard InChI is InChI=1S/C20H30N2O2/c1-15-10-19(11-16(2)24-15)21-13-18-8-9-22(14-18)20(23)12-17-6-4-3-5-7-17/h3-7,15-16,18-19,21H,8-14H2,1-2H3/t15-,16+,18-,19?/m0/s1. The summed E-state index contributed by atoms with van der Waals surface area (Å²) in [6.45, 7) is 7.12. The van der Waals surface area contributed by atoms with Gasteiger partial charge < -0.3 is 15.0 Å². The lowest BCUT2D eigenvalue weighted by atomic mass is 9.99. The highest BCUT2D eigenvalue weighted by molar-refractivity contribution is 5.79. The lowest BCUT2D eigenvalue weighted by Crippen LogP contribution is -2.43. The molecule has 4 heteroatoms. The molecule has 0 saturated carbocycles. The molecule has 3 rings (SSSR count). The van der Waals surface area contributed by atoms with Crippen LogP contribution in [0.2, 0.25) is 0 Å². The van der Waals surface area contributed by atoms with Crippen molar-refractivity contribution < 1.29 is 9.53 Å². The average molecular weight is 330 g/mol. The Hall–Kier alpha value is -1.39. The molecule has 4 atom stereocenters. The van der Waals surface area contributed by atoms with Gasteiger partial charge in [-0.05, 0) is 51.1 Å². The van der Waals surface area contributed by atoms with Gasteiger partial charge in [-0.15, -0.1) is 0 Å². The van der Waals surface area contributed by atoms with Crippen LogP contribution in [0, 0.1) is 5.92 Å². The van der Waals surface area contributed by atoms with Gasteiger partial charge in [-0.2, -0.15) is 0 Å². The van der Waals surface area contributed by atoms with Crippen LogP contribution in [-0.2, 0) is 16.0 Å². The number of carbonyl (C=O) groups excluding carboxylic acids is 1. The van der Waals surface area contributed by atoms with Gasteiger partial charge in [0, 0.05) is 19.1 Å². The molecule has 0 bridgehead atoms. The summed E-state index contributed by atoms with van der Waals surface area (Å²) in [5, 5.41) is 3.72. The largest absolute Gasteiger partial charge is 0.375 e. The number of nitrogens with zero attached hydrogens (tertiary/aromatic N) is 1. The second kappa shape index (κ2) is 8.13. The number of amides is 1. The topological polar surface area (TPSA) is 41.6 Å². The van der Waals surface area contributed by atoms with Crippen molar-refractivity contribution in [3.05, 3.63) is 35.9 Å². The van der Waals surface area contributed by atoms with Crippen LogP contribution in [0.25, 0.3) is 0 Å². The third-order valence-electron chi connectivity index (χ3n) is 5.23. The van der Waals surface area contributed by atoms with Gasteiger partial charge in [0.05, 0.1) is 18.6 Å². The summed E-state index contributed by atoms with van der Waals surface area (Å²) in [7, 11) is 0. The maximum Gasteiger partial charge on any atom is 0.226 e. The normalized spacial score (nSPS) is 30.5. The molecule has 24 heavy (non-hydrogen) atoms. The summed E-state index contributed by atoms with van der Waals surface area (Å²) >= 11 is 0. The quantitative estimate of drug-likeness (QED) is 0.902. The van der Waals surface area contributed by atoms with Crippen LogP contribution >= 0.6 is 0 Å². The first kappa shape index (κ1) is 17.4. The van der Waals surface area contributed by atoms with Crippen molar-refractivity contribution in [2.45, 2.75) is 57.8 Å². The first-order valence-corrected chi connectivity index (χ1v) is 9.30. The van der Waals surface area contributed by atoms with E-state index < -0.39 is 0 Å². The number of carbonyl (C=O) groups is 1. The molecule has 4 nitrogen and oxygen atoms in total. The SMILES string of the molecule is C[C@@H]1CC(NC[C@@H]2CCN(C(=O)Cc3ccccc3)C2)C[C@H](C)O1. The number of rotatable bonds is 5. The van der Waals surface area contributed by atoms with E-state index in [1.807, 2.05) is 35.2 Å². The smallest absolute Gasteiger partial charge is 0.226 e. The third kappa shape index (κ3) is 4.81. The Kier molecular flexibility index (Phi) is 5.90. The van der Waals surface area contributed by atoms with Gasteiger partial charge in [0.2, 0.25) is 5.91 Å². The van der Waals surface area contributed by atoms with Crippen LogP contribution < -0.4 is 5.32 Å². The van der Waals surface area contributed by atoms with Crippen molar-refractivity contribution in [1.82, 2.24) is 10.2 Å². The van der Waals surface area contributed by atoms with Crippen LogP contribution in [0.15, 0.2) is 30.3 Å². The zero-order chi connectivity index (χ0) is 16.9. The molecular formula is C20H30N2O2. The Morgan fingerprint density at radius 1 is 1.21 bits per heavy atom. The van der Waals surface area contributed by atoms with Crippen LogP contribution in [0.3, 0.4) is 0 Å². The molecule has 1 aromatic carbocycles. The summed E-state index contributed by atoms with van der Waals surface area (Å²) in [4.78, 5) is 14.5. The van der Waals surface area contributed by atoms with E-state index in [-0.39, 0.29) is 5.91 Å². The van der Waals surface area contributed by atoms with Crippen molar-refractivity contribution in [3.8, 4) is 0 Å². The van der Waals surface area contributed by atoms with Crippen LogP contribution in [0.1, 0.15) is 38.7 Å². The average Bonchev–Trinajstić information content (AvgIpc) is 3.02. The molecule has 2 fully saturated rings. The fourth-order valence-corrected chi connectivity index (χ4v) is 4.01. The van der Waals surface area contributed by atoms with Gasteiger partial charge in [-0.25, -0.2) is 0 Å². The molecule has 1 aromatic rings. The number of hydrogen-bond acceptors (Lipinski definition) is 3. The minimum absolute atomic E-state index is 0.261. The highest BCUT2D eigenvalue weighted by atomic mass is 16.5. The van der Waals surface area contributed by atoms with E-state index in [2.05, 4.69) is 19.2 Å². The lowest BCUT2D eigenvalue weighted by Gasteiger charge is -2.33. The van der Waals surface area contributed by atoms with Crippen LogP contribution in [0.5, 0.6) is 0 Å². The van der Waals surface area contributed by atoms with E-state index in [0.717, 1.165) is 44.5 Å². The fourth-order valence-electron chi connectivity index (χ4n) is 4.01. The van der Waals surface area contributed by atoms with E-state index in [9.17, 15) is 4.79 Å². The van der Waals surface area contributed by atoms with Crippen LogP contribution in [-0.4, -0.2) is 48.7 Å². The van der Waals surface area contributed by atoms with Crippen molar-refractivity contribution in [3.63, 3.8) is 0 Å². The minimum Gasteiger partial charge on any atom is -0.375 e. The van der Waals surface area contributed by atoms with E-state index in [4.69, 9.17) is 4.74 Å². The first-order chi connectivity index (χ1) is 11.6. The molecule has 1 unspecified atom stereocenters. The molecular weight excluding hydrogens is 300 g/mol. The second-order valence-corrected chi connectivity index (χ2v) is 7.49. The predicted octanol–water partition coefficient (Wildman–Crippen LogP) is 2.62. The minimum atomic E-state index is 0.261. The maximum atomic E-state index is 12.4. The van der Waals surface area contributed by atoms with Gasteiger partial charge in [0.25, 0.3) is 0 Å². The Balaban J connectivity index is 1.41. The van der Waals surface area contributed by atoms with Gasteiger partial charge >= 0.3 is 0 Å². The van der Waals surface area contributed by atoms with Crippen molar-refractivity contribution in [2.24, 2.45) is 5.92 Å². The molecule has 0 aliphatic carbocycles. The molecule has 2 heterocycles. The van der Waals surface area contributed by atoms with Gasteiger partial charge in [-0.3, -0.25) is 4.79 Å². The molecule has 132 valence electrons. The monoisotopic (exact) mass is 330 g/mol. The summed E-state index contributed by atoms with van der Waals surface area (Å²) in [5.74, 6) is 0.843. The Bertz CT molecular complexity index is 524. The molecule has 2 aliphatic heterocycles. The first-order valence-electron chi connectivity index (χ1n) is 9.30. The highest BCUT2D eigenvalue weighted by Crippen LogP contribution is 2.21. The Morgan fingerprint density at radius 3 is 2.62 bits per heavy atom. The molecule has 0 radical (unpaired) electrons. The van der Waals surface area contributed by atoms with Crippen molar-refractivity contribution >= 4 is 5.91 Å². The van der Waals surface area contributed by atoms with E-state index >= 15 is 0 Å². The maximum absolute atomic E-state index is 12.4. The van der Waals surface area contributed by atoms with Crippen molar-refractivity contribution in [1.29, 1.82) is 0 Å². The van der Waals surface area contributed by atoms with Crippen molar-refractivity contribution in [2.75, 3.05) is 19.6 Å². The molecule has 0 aromatic heterocycles. The third-order valence-corrected chi connectivity index (χ3v) is 5.23. The summed E-state index contributed by atoms with van der Waals surface area (Å²) in [6.07, 6.45) is 4.51. The number of likely N-dealkylation sites (tertiary alicyclic amines) is 1. The van der Waals surface area contributed by atoms with E-state index in [1.54, 1.807) is 0 Å². The molecule has 2 saturated heterocycles. The number of nitrogens with one attached hydrogen (secondary N) is 1. The Morgan fingerprint density at radius 2 is 1.92 bits per heavy atom. The molecule has 1 amide bonds. The number of benzene rings is 1. The van der Waals surface area contributed by atoms with Crippen LogP contribution in [0.4, 0.5) is 0 Å². The van der Waals surface area contributed by atoms with Gasteiger partial charge in [0.15, 0.2) is 0 Å². The zero-order valence-electron chi connectivity index (χ0n) is 14.9. The molecule has 2 aliphatic rings. The summed E-state index contributed by atoms with van der Waals surface area (Å²) in [6, 6.07) is 10.6. The molecule has 1 N–H and O–H groups in total. The lowest BCUT2D eigenvalue weighted by molar-refractivity contribution is -0.129.